The highest BCUT2D eigenvalue weighted by Crippen LogP contribution is 2.19. The summed E-state index contributed by atoms with van der Waals surface area (Å²) in [6.45, 7) is 0.257. The summed E-state index contributed by atoms with van der Waals surface area (Å²) < 4.78 is 6.82. The average molecular weight is 292 g/mol. The van der Waals surface area contributed by atoms with Gasteiger partial charge in [-0.15, -0.1) is 0 Å². The number of para-hydroxylation sites is 1. The highest BCUT2D eigenvalue weighted by atomic mass is 16.3. The molecule has 0 saturated carbocycles. The van der Waals surface area contributed by atoms with Crippen molar-refractivity contribution in [3.63, 3.8) is 0 Å². The molecule has 22 heavy (non-hydrogen) atoms. The first-order valence-electron chi connectivity index (χ1n) is 6.61. The minimum Gasteiger partial charge on any atom is -0.459 e. The predicted octanol–water partition coefficient (Wildman–Crippen LogP) is 2.52. The molecule has 0 aliphatic heterocycles. The van der Waals surface area contributed by atoms with Gasteiger partial charge in [-0.05, 0) is 18.2 Å². The molecule has 0 aliphatic rings. The summed E-state index contributed by atoms with van der Waals surface area (Å²) in [7, 11) is 0. The summed E-state index contributed by atoms with van der Waals surface area (Å²) in [5.41, 5.74) is 4.17. The highest BCUT2D eigenvalue weighted by molar-refractivity contribution is 6.00. The lowest BCUT2D eigenvalue weighted by atomic mass is 10.2. The van der Waals surface area contributed by atoms with Gasteiger partial charge in [0.2, 0.25) is 0 Å². The third-order valence-corrected chi connectivity index (χ3v) is 3.18. The molecule has 0 fully saturated rings. The van der Waals surface area contributed by atoms with E-state index >= 15 is 0 Å². The van der Waals surface area contributed by atoms with Crippen LogP contribution in [0.2, 0.25) is 0 Å². The van der Waals surface area contributed by atoms with Crippen molar-refractivity contribution in [3.8, 4) is 6.07 Å². The van der Waals surface area contributed by atoms with Crippen LogP contribution in [0.15, 0.2) is 58.4 Å². The maximum absolute atomic E-state index is 11.7. The van der Waals surface area contributed by atoms with Crippen LogP contribution in [0.4, 0.5) is 0 Å². The fourth-order valence-corrected chi connectivity index (χ4v) is 2.21. The Balaban J connectivity index is 1.83. The Labute approximate surface area is 126 Å². The smallest absolute Gasteiger partial charge is 0.307 e. The van der Waals surface area contributed by atoms with Crippen LogP contribution in [-0.2, 0) is 6.54 Å². The quantitative estimate of drug-likeness (QED) is 0.592. The summed E-state index contributed by atoms with van der Waals surface area (Å²) in [6, 6.07) is 13.0. The number of amides is 1. The van der Waals surface area contributed by atoms with E-state index in [4.69, 9.17) is 9.68 Å². The number of furan rings is 1. The van der Waals surface area contributed by atoms with Crippen molar-refractivity contribution in [3.05, 3.63) is 60.2 Å². The van der Waals surface area contributed by atoms with Crippen molar-refractivity contribution < 1.29 is 9.21 Å². The Hall–Kier alpha value is -3.33. The van der Waals surface area contributed by atoms with Crippen LogP contribution >= 0.6 is 0 Å². The van der Waals surface area contributed by atoms with Gasteiger partial charge in [-0.1, -0.05) is 18.2 Å². The van der Waals surface area contributed by atoms with Gasteiger partial charge in [0.25, 0.3) is 0 Å². The number of rotatable bonds is 4. The van der Waals surface area contributed by atoms with E-state index in [0.717, 1.165) is 16.5 Å². The van der Waals surface area contributed by atoms with Crippen LogP contribution in [0.25, 0.3) is 10.9 Å². The second-order valence-electron chi connectivity index (χ2n) is 4.56. The van der Waals surface area contributed by atoms with E-state index in [1.54, 1.807) is 18.3 Å². The van der Waals surface area contributed by atoms with Gasteiger partial charge in [0.15, 0.2) is 5.76 Å². The standard InChI is InChI=1S/C16H12N4O2/c17-7-8-20-11-12(13-4-1-2-5-14(13)20)10-18-19-16(21)15-6-3-9-22-15/h1-6,9-11H,8H2,(H,19,21). The third kappa shape index (κ3) is 2.60. The number of aromatic nitrogens is 1. The van der Waals surface area contributed by atoms with Gasteiger partial charge in [-0.3, -0.25) is 4.79 Å². The van der Waals surface area contributed by atoms with Crippen molar-refractivity contribution >= 4 is 23.0 Å². The van der Waals surface area contributed by atoms with Gasteiger partial charge < -0.3 is 8.98 Å². The van der Waals surface area contributed by atoms with Crippen LogP contribution in [0.5, 0.6) is 0 Å². The molecule has 0 unspecified atom stereocenters. The first kappa shape index (κ1) is 13.6. The monoisotopic (exact) mass is 292 g/mol. The van der Waals surface area contributed by atoms with Crippen molar-refractivity contribution in [1.82, 2.24) is 9.99 Å². The summed E-state index contributed by atoms with van der Waals surface area (Å²) in [6.07, 6.45) is 4.81. The molecule has 0 radical (unpaired) electrons. The number of carbonyl (C=O) groups is 1. The molecule has 1 amide bonds. The molecule has 3 rings (SSSR count). The molecule has 0 aliphatic carbocycles. The minimum atomic E-state index is -0.415. The summed E-state index contributed by atoms with van der Waals surface area (Å²) in [5.74, 6) is -0.217. The van der Waals surface area contributed by atoms with Crippen LogP contribution in [0.1, 0.15) is 16.1 Å². The molecule has 0 atom stereocenters. The molecule has 6 nitrogen and oxygen atoms in total. The fourth-order valence-electron chi connectivity index (χ4n) is 2.21. The van der Waals surface area contributed by atoms with Crippen molar-refractivity contribution in [2.24, 2.45) is 5.10 Å². The number of carbonyl (C=O) groups excluding carboxylic acids is 1. The van der Waals surface area contributed by atoms with Crippen LogP contribution in [0, 0.1) is 11.3 Å². The summed E-state index contributed by atoms with van der Waals surface area (Å²) in [5, 5.41) is 13.8. The molecule has 1 N–H and O–H groups in total. The maximum atomic E-state index is 11.7. The molecule has 0 saturated heterocycles. The normalized spacial score (nSPS) is 10.9. The van der Waals surface area contributed by atoms with Crippen LogP contribution < -0.4 is 5.43 Å². The topological polar surface area (TPSA) is 83.3 Å². The zero-order chi connectivity index (χ0) is 15.4. The third-order valence-electron chi connectivity index (χ3n) is 3.18. The first-order valence-corrected chi connectivity index (χ1v) is 6.61. The number of hydrogen-bond acceptors (Lipinski definition) is 4. The van der Waals surface area contributed by atoms with Gasteiger partial charge in [0, 0.05) is 22.7 Å². The van der Waals surface area contributed by atoms with Gasteiger partial charge >= 0.3 is 5.91 Å². The summed E-state index contributed by atoms with van der Waals surface area (Å²) >= 11 is 0. The Kier molecular flexibility index (Phi) is 3.70. The highest BCUT2D eigenvalue weighted by Gasteiger charge is 2.08. The number of nitriles is 1. The fraction of sp³-hybridized carbons (Fsp3) is 0.0625. The predicted molar refractivity (Wildman–Crippen MR) is 81.3 cm³/mol. The van der Waals surface area contributed by atoms with E-state index in [2.05, 4.69) is 16.6 Å². The maximum Gasteiger partial charge on any atom is 0.307 e. The van der Waals surface area contributed by atoms with Gasteiger partial charge in [0.05, 0.1) is 18.5 Å². The number of benzene rings is 1. The summed E-state index contributed by atoms with van der Waals surface area (Å²) in [4.78, 5) is 11.7. The second-order valence-corrected chi connectivity index (χ2v) is 4.56. The zero-order valence-electron chi connectivity index (χ0n) is 11.6. The average Bonchev–Trinajstić information content (AvgIpc) is 3.17. The van der Waals surface area contributed by atoms with E-state index < -0.39 is 5.91 Å². The van der Waals surface area contributed by atoms with E-state index in [-0.39, 0.29) is 12.3 Å². The molecule has 0 bridgehead atoms. The van der Waals surface area contributed by atoms with E-state index in [1.807, 2.05) is 35.0 Å². The Morgan fingerprint density at radius 2 is 2.23 bits per heavy atom. The molecule has 6 heteroatoms. The van der Waals surface area contributed by atoms with Gasteiger partial charge in [-0.25, -0.2) is 5.43 Å². The molecule has 108 valence electrons. The lowest BCUT2D eigenvalue weighted by Gasteiger charge is -1.96. The lowest BCUT2D eigenvalue weighted by Crippen LogP contribution is -2.16. The SMILES string of the molecule is N#CCn1cc(C=NNC(=O)c2ccco2)c2ccccc21. The minimum absolute atomic E-state index is 0.198. The molecule has 3 aromatic rings. The van der Waals surface area contributed by atoms with Crippen molar-refractivity contribution in [1.29, 1.82) is 5.26 Å². The Bertz CT molecular complexity index is 869. The molecule has 2 heterocycles. The van der Waals surface area contributed by atoms with E-state index in [0.29, 0.717) is 0 Å². The van der Waals surface area contributed by atoms with E-state index in [1.165, 1.54) is 6.26 Å². The van der Waals surface area contributed by atoms with Crippen LogP contribution in [-0.4, -0.2) is 16.7 Å². The number of hydrogen-bond donors (Lipinski definition) is 1. The zero-order valence-corrected chi connectivity index (χ0v) is 11.6. The van der Waals surface area contributed by atoms with E-state index in [9.17, 15) is 4.79 Å². The van der Waals surface area contributed by atoms with Gasteiger partial charge in [-0.2, -0.15) is 10.4 Å². The largest absolute Gasteiger partial charge is 0.459 e. The molecular formula is C16H12N4O2. The van der Waals surface area contributed by atoms with Gasteiger partial charge in [0.1, 0.15) is 6.54 Å². The number of nitrogens with zero attached hydrogens (tertiary/aromatic N) is 3. The molecular weight excluding hydrogens is 280 g/mol. The van der Waals surface area contributed by atoms with Crippen molar-refractivity contribution in [2.75, 3.05) is 0 Å². The van der Waals surface area contributed by atoms with Crippen LogP contribution in [0.3, 0.4) is 0 Å². The number of nitrogens with one attached hydrogen (secondary N) is 1. The number of hydrazone groups is 1. The molecule has 1 aromatic carbocycles. The Morgan fingerprint density at radius 1 is 1.36 bits per heavy atom. The molecule has 2 aromatic heterocycles. The Morgan fingerprint density at radius 3 is 3.00 bits per heavy atom. The lowest BCUT2D eigenvalue weighted by molar-refractivity contribution is 0.0927. The van der Waals surface area contributed by atoms with Crippen molar-refractivity contribution in [2.45, 2.75) is 6.54 Å². The second kappa shape index (κ2) is 5.97. The molecule has 0 spiro atoms. The number of fused-ring (bicyclic) bond motifs is 1. The first-order chi connectivity index (χ1) is 10.8.